The first kappa shape index (κ1) is 6.85. The molecule has 0 spiro atoms. The lowest BCUT2D eigenvalue weighted by molar-refractivity contribution is 0.333. The lowest BCUT2D eigenvalue weighted by Crippen LogP contribution is -2.04. The number of halogens is 1. The van der Waals surface area contributed by atoms with E-state index in [9.17, 15) is 0 Å². The van der Waals surface area contributed by atoms with Gasteiger partial charge in [-0.25, -0.2) is 0 Å². The van der Waals surface area contributed by atoms with Gasteiger partial charge in [-0.05, 0) is 22.0 Å². The summed E-state index contributed by atoms with van der Waals surface area (Å²) in [5.41, 5.74) is 1.18. The first-order valence-corrected chi connectivity index (χ1v) is 4.13. The van der Waals surface area contributed by atoms with Crippen molar-refractivity contribution >= 4 is 20.6 Å². The zero-order valence-electron chi connectivity index (χ0n) is 5.75. The van der Waals surface area contributed by atoms with Gasteiger partial charge in [-0.15, -0.1) is 0 Å². The van der Waals surface area contributed by atoms with Crippen molar-refractivity contribution < 1.29 is 4.84 Å². The van der Waals surface area contributed by atoms with E-state index < -0.39 is 0 Å². The highest BCUT2D eigenvalue weighted by Crippen LogP contribution is 2.23. The standard InChI is InChI=1S/C8H6BrNO/c9-8-5-6-3-1-2-4-7(6)11-10-8/h1-4H,5H2. The molecule has 0 saturated carbocycles. The SMILES string of the molecule is BrC1=NOc2ccccc2C1. The molecule has 3 heteroatoms. The predicted octanol–water partition coefficient (Wildman–Crippen LogP) is 2.33. The van der Waals surface area contributed by atoms with Gasteiger partial charge in [0.1, 0.15) is 4.62 Å². The van der Waals surface area contributed by atoms with Crippen molar-refractivity contribution in [2.45, 2.75) is 6.42 Å². The molecule has 1 aliphatic heterocycles. The molecule has 1 heterocycles. The molecule has 1 aromatic carbocycles. The molecule has 0 radical (unpaired) electrons. The molecule has 1 aromatic rings. The second-order valence-corrected chi connectivity index (χ2v) is 3.26. The molecular formula is C8H6BrNO. The fourth-order valence-electron chi connectivity index (χ4n) is 1.03. The Labute approximate surface area is 73.0 Å². The highest BCUT2D eigenvalue weighted by atomic mass is 79.9. The summed E-state index contributed by atoms with van der Waals surface area (Å²) in [7, 11) is 0. The normalized spacial score (nSPS) is 14.8. The van der Waals surface area contributed by atoms with Crippen LogP contribution in [0, 0.1) is 0 Å². The molecule has 11 heavy (non-hydrogen) atoms. The second kappa shape index (κ2) is 2.66. The summed E-state index contributed by atoms with van der Waals surface area (Å²) < 4.78 is 0.844. The Balaban J connectivity index is 2.42. The Hall–Kier alpha value is -0.830. The third kappa shape index (κ3) is 1.28. The number of benzene rings is 1. The lowest BCUT2D eigenvalue weighted by Gasteiger charge is -2.10. The van der Waals surface area contributed by atoms with Crippen LogP contribution in [0.3, 0.4) is 0 Å². The minimum atomic E-state index is 0.830. The average molecular weight is 212 g/mol. The van der Waals surface area contributed by atoms with Gasteiger partial charge in [0.05, 0.1) is 0 Å². The van der Waals surface area contributed by atoms with E-state index in [1.165, 1.54) is 5.56 Å². The summed E-state index contributed by atoms with van der Waals surface area (Å²) >= 11 is 3.28. The summed E-state index contributed by atoms with van der Waals surface area (Å²) in [5, 5.41) is 3.80. The molecule has 2 rings (SSSR count). The number of fused-ring (bicyclic) bond motifs is 1. The molecule has 0 fully saturated rings. The number of para-hydroxylation sites is 1. The molecule has 0 aromatic heterocycles. The van der Waals surface area contributed by atoms with E-state index >= 15 is 0 Å². The van der Waals surface area contributed by atoms with Crippen molar-refractivity contribution in [2.75, 3.05) is 0 Å². The molecule has 0 N–H and O–H groups in total. The molecule has 0 saturated heterocycles. The lowest BCUT2D eigenvalue weighted by atomic mass is 10.1. The van der Waals surface area contributed by atoms with E-state index in [1.807, 2.05) is 24.3 Å². The first-order chi connectivity index (χ1) is 5.36. The van der Waals surface area contributed by atoms with E-state index in [-0.39, 0.29) is 0 Å². The smallest absolute Gasteiger partial charge is 0.161 e. The van der Waals surface area contributed by atoms with Crippen LogP contribution in [0.15, 0.2) is 29.4 Å². The highest BCUT2D eigenvalue weighted by molar-refractivity contribution is 9.18. The molecule has 0 atom stereocenters. The zero-order chi connectivity index (χ0) is 7.68. The first-order valence-electron chi connectivity index (χ1n) is 3.33. The molecular weight excluding hydrogens is 206 g/mol. The molecule has 0 aliphatic carbocycles. The third-order valence-corrected chi connectivity index (χ3v) is 1.98. The maximum atomic E-state index is 5.08. The Morgan fingerprint density at radius 1 is 1.36 bits per heavy atom. The maximum absolute atomic E-state index is 5.08. The third-order valence-electron chi connectivity index (χ3n) is 1.55. The van der Waals surface area contributed by atoms with Crippen LogP contribution >= 0.6 is 15.9 Å². The van der Waals surface area contributed by atoms with Gasteiger partial charge < -0.3 is 4.84 Å². The van der Waals surface area contributed by atoms with Crippen LogP contribution in [0.1, 0.15) is 5.56 Å². The predicted molar refractivity (Wildman–Crippen MR) is 47.1 cm³/mol. The van der Waals surface area contributed by atoms with Gasteiger partial charge in [0, 0.05) is 12.0 Å². The summed E-state index contributed by atoms with van der Waals surface area (Å²) in [6.07, 6.45) is 0.830. The Bertz CT molecular complexity index is 309. The molecule has 1 aliphatic rings. The fourth-order valence-corrected chi connectivity index (χ4v) is 1.40. The van der Waals surface area contributed by atoms with E-state index in [0.717, 1.165) is 16.8 Å². The van der Waals surface area contributed by atoms with Crippen LogP contribution in [-0.4, -0.2) is 4.62 Å². The zero-order valence-corrected chi connectivity index (χ0v) is 7.34. The van der Waals surface area contributed by atoms with Crippen molar-refractivity contribution in [1.82, 2.24) is 0 Å². The van der Waals surface area contributed by atoms with Gasteiger partial charge in [0.25, 0.3) is 0 Å². The van der Waals surface area contributed by atoms with Gasteiger partial charge in [-0.2, -0.15) is 0 Å². The minimum absolute atomic E-state index is 0.830. The van der Waals surface area contributed by atoms with Crippen molar-refractivity contribution in [1.29, 1.82) is 0 Å². The maximum Gasteiger partial charge on any atom is 0.161 e. The van der Waals surface area contributed by atoms with Gasteiger partial charge >= 0.3 is 0 Å². The monoisotopic (exact) mass is 211 g/mol. The Morgan fingerprint density at radius 3 is 3.09 bits per heavy atom. The number of oxime groups is 1. The summed E-state index contributed by atoms with van der Waals surface area (Å²) in [6.45, 7) is 0. The second-order valence-electron chi connectivity index (χ2n) is 2.34. The van der Waals surface area contributed by atoms with Crippen molar-refractivity contribution in [3.63, 3.8) is 0 Å². The van der Waals surface area contributed by atoms with Gasteiger partial charge in [-0.3, -0.25) is 0 Å². The van der Waals surface area contributed by atoms with Crippen LogP contribution in [0.5, 0.6) is 5.75 Å². The van der Waals surface area contributed by atoms with Crippen LogP contribution < -0.4 is 4.84 Å². The largest absolute Gasteiger partial charge is 0.356 e. The molecule has 0 amide bonds. The van der Waals surface area contributed by atoms with Crippen molar-refractivity contribution in [3.05, 3.63) is 29.8 Å². The minimum Gasteiger partial charge on any atom is -0.356 e. The summed E-state index contributed by atoms with van der Waals surface area (Å²) in [4.78, 5) is 5.08. The van der Waals surface area contributed by atoms with Crippen LogP contribution in [-0.2, 0) is 6.42 Å². The van der Waals surface area contributed by atoms with E-state index in [4.69, 9.17) is 4.84 Å². The van der Waals surface area contributed by atoms with Crippen LogP contribution in [0.25, 0.3) is 0 Å². The van der Waals surface area contributed by atoms with Crippen molar-refractivity contribution in [2.24, 2.45) is 5.16 Å². The molecule has 0 bridgehead atoms. The van der Waals surface area contributed by atoms with E-state index in [0.29, 0.717) is 0 Å². The van der Waals surface area contributed by atoms with Crippen LogP contribution in [0.2, 0.25) is 0 Å². The molecule has 0 unspecified atom stereocenters. The van der Waals surface area contributed by atoms with Crippen LogP contribution in [0.4, 0.5) is 0 Å². The van der Waals surface area contributed by atoms with Gasteiger partial charge in [-0.1, -0.05) is 23.4 Å². The molecule has 2 nitrogen and oxygen atoms in total. The number of nitrogens with zero attached hydrogens (tertiary/aromatic N) is 1. The quantitative estimate of drug-likeness (QED) is 0.646. The van der Waals surface area contributed by atoms with Crippen molar-refractivity contribution in [3.8, 4) is 5.75 Å². The van der Waals surface area contributed by atoms with Gasteiger partial charge in [0.15, 0.2) is 5.75 Å². The summed E-state index contributed by atoms with van der Waals surface area (Å²) in [6, 6.07) is 7.88. The van der Waals surface area contributed by atoms with E-state index in [2.05, 4.69) is 21.1 Å². The molecule has 56 valence electrons. The Morgan fingerprint density at radius 2 is 2.18 bits per heavy atom. The summed E-state index contributed by atoms with van der Waals surface area (Å²) in [5.74, 6) is 0.857. The highest BCUT2D eigenvalue weighted by Gasteiger charge is 2.10. The fraction of sp³-hybridized carbons (Fsp3) is 0.125. The Kier molecular flexibility index (Phi) is 1.66. The number of hydrogen-bond acceptors (Lipinski definition) is 2. The number of rotatable bonds is 0. The van der Waals surface area contributed by atoms with E-state index in [1.54, 1.807) is 0 Å². The average Bonchev–Trinajstić information content (AvgIpc) is 2.04. The van der Waals surface area contributed by atoms with Gasteiger partial charge in [0.2, 0.25) is 0 Å². The topological polar surface area (TPSA) is 21.6 Å². The number of hydrogen-bond donors (Lipinski definition) is 0.